The molecule has 144 valence electrons. The van der Waals surface area contributed by atoms with Crippen molar-refractivity contribution in [3.8, 4) is 5.75 Å². The zero-order chi connectivity index (χ0) is 19.7. The fraction of sp³-hybridized carbons (Fsp3) is 0.286. The van der Waals surface area contributed by atoms with Crippen molar-refractivity contribution in [3.05, 3.63) is 53.6 Å². The minimum Gasteiger partial charge on any atom is -0.497 e. The molecule has 1 saturated heterocycles. The number of carbonyl (C=O) groups excluding carboxylic acids is 2. The van der Waals surface area contributed by atoms with E-state index in [1.165, 1.54) is 16.9 Å². The number of amides is 2. The third kappa shape index (κ3) is 3.84. The quantitative estimate of drug-likeness (QED) is 0.717. The van der Waals surface area contributed by atoms with Crippen LogP contribution in [-0.2, 0) is 16.1 Å². The van der Waals surface area contributed by atoms with Crippen molar-refractivity contribution in [1.29, 1.82) is 0 Å². The van der Waals surface area contributed by atoms with Crippen LogP contribution in [0.15, 0.2) is 42.5 Å². The minimum absolute atomic E-state index is 0.00904. The van der Waals surface area contributed by atoms with E-state index in [9.17, 15) is 9.59 Å². The van der Waals surface area contributed by atoms with Crippen LogP contribution in [0, 0.1) is 12.8 Å². The van der Waals surface area contributed by atoms with Crippen LogP contribution in [0.25, 0.3) is 10.2 Å². The molecular formula is C21H21N3O3S. The van der Waals surface area contributed by atoms with E-state index >= 15 is 0 Å². The van der Waals surface area contributed by atoms with Crippen LogP contribution in [-0.4, -0.2) is 35.4 Å². The van der Waals surface area contributed by atoms with Gasteiger partial charge in [0.25, 0.3) is 0 Å². The van der Waals surface area contributed by atoms with E-state index in [0.717, 1.165) is 21.5 Å². The number of nitrogens with zero attached hydrogens (tertiary/aromatic N) is 2. The molecule has 3 aromatic rings. The van der Waals surface area contributed by atoms with E-state index in [0.29, 0.717) is 18.2 Å². The smallest absolute Gasteiger partial charge is 0.231 e. The number of aromatic nitrogens is 1. The van der Waals surface area contributed by atoms with Crippen LogP contribution >= 0.6 is 11.3 Å². The fourth-order valence-electron chi connectivity index (χ4n) is 3.31. The molecule has 1 aliphatic rings. The first-order valence-corrected chi connectivity index (χ1v) is 9.92. The van der Waals surface area contributed by atoms with Gasteiger partial charge in [0.05, 0.1) is 23.2 Å². The van der Waals surface area contributed by atoms with Crippen LogP contribution in [0.2, 0.25) is 0 Å². The molecule has 2 aromatic carbocycles. The maximum absolute atomic E-state index is 12.7. The average molecular weight is 395 g/mol. The lowest BCUT2D eigenvalue weighted by atomic mass is 10.1. The molecule has 0 spiro atoms. The van der Waals surface area contributed by atoms with Gasteiger partial charge >= 0.3 is 0 Å². The summed E-state index contributed by atoms with van der Waals surface area (Å²) in [7, 11) is 1.62. The Labute approximate surface area is 167 Å². The summed E-state index contributed by atoms with van der Waals surface area (Å²) in [6, 6.07) is 13.7. The molecule has 1 fully saturated rings. The minimum atomic E-state index is -0.362. The van der Waals surface area contributed by atoms with Crippen LogP contribution in [0.4, 0.5) is 5.13 Å². The Kier molecular flexibility index (Phi) is 5.00. The second-order valence-corrected chi connectivity index (χ2v) is 8.03. The van der Waals surface area contributed by atoms with Crippen molar-refractivity contribution in [3.63, 3.8) is 0 Å². The number of aryl methyl sites for hydroxylation is 1. The molecule has 0 radical (unpaired) electrons. The van der Waals surface area contributed by atoms with Gasteiger partial charge in [-0.15, -0.1) is 0 Å². The van der Waals surface area contributed by atoms with Gasteiger partial charge in [0, 0.05) is 19.5 Å². The van der Waals surface area contributed by atoms with Crippen LogP contribution in [0.5, 0.6) is 5.75 Å². The molecule has 2 amide bonds. The molecule has 1 aromatic heterocycles. The summed E-state index contributed by atoms with van der Waals surface area (Å²) < 4.78 is 6.16. The van der Waals surface area contributed by atoms with Crippen molar-refractivity contribution in [2.45, 2.75) is 19.9 Å². The second kappa shape index (κ2) is 7.59. The lowest BCUT2D eigenvalue weighted by Crippen LogP contribution is -2.28. The largest absolute Gasteiger partial charge is 0.497 e. The predicted octanol–water partition coefficient (Wildman–Crippen LogP) is 3.60. The van der Waals surface area contributed by atoms with Gasteiger partial charge in [0.15, 0.2) is 5.13 Å². The molecule has 6 nitrogen and oxygen atoms in total. The molecule has 1 atom stereocenters. The summed E-state index contributed by atoms with van der Waals surface area (Å²) in [4.78, 5) is 31.2. The number of fused-ring (bicyclic) bond motifs is 1. The Morgan fingerprint density at radius 2 is 2.07 bits per heavy atom. The number of anilines is 1. The number of ether oxygens (including phenoxy) is 1. The molecule has 0 aliphatic carbocycles. The van der Waals surface area contributed by atoms with E-state index in [1.807, 2.05) is 49.4 Å². The van der Waals surface area contributed by atoms with Crippen molar-refractivity contribution in [2.24, 2.45) is 5.92 Å². The van der Waals surface area contributed by atoms with E-state index in [1.54, 1.807) is 12.0 Å². The maximum atomic E-state index is 12.7. The van der Waals surface area contributed by atoms with Crippen LogP contribution in [0.1, 0.15) is 17.5 Å². The average Bonchev–Trinajstić information content (AvgIpc) is 3.25. The number of hydrogen-bond acceptors (Lipinski definition) is 5. The molecule has 4 rings (SSSR count). The fourth-order valence-corrected chi connectivity index (χ4v) is 4.20. The van der Waals surface area contributed by atoms with Crippen molar-refractivity contribution < 1.29 is 14.3 Å². The van der Waals surface area contributed by atoms with Gasteiger partial charge in [-0.2, -0.15) is 0 Å². The molecule has 2 heterocycles. The number of likely N-dealkylation sites (tertiary alicyclic amines) is 1. The van der Waals surface area contributed by atoms with Crippen molar-refractivity contribution in [1.82, 2.24) is 9.88 Å². The highest BCUT2D eigenvalue weighted by Gasteiger charge is 2.34. The Morgan fingerprint density at radius 3 is 2.82 bits per heavy atom. The summed E-state index contributed by atoms with van der Waals surface area (Å²) in [6.45, 7) is 2.99. The van der Waals surface area contributed by atoms with Crippen molar-refractivity contribution in [2.75, 3.05) is 19.0 Å². The molecule has 0 saturated carbocycles. The third-order valence-corrected chi connectivity index (χ3v) is 5.84. The van der Waals surface area contributed by atoms with Gasteiger partial charge in [-0.1, -0.05) is 41.2 Å². The molecule has 28 heavy (non-hydrogen) atoms. The summed E-state index contributed by atoms with van der Waals surface area (Å²) in [5, 5.41) is 3.41. The Hall–Kier alpha value is -2.93. The maximum Gasteiger partial charge on any atom is 0.231 e. The molecule has 7 heteroatoms. The molecule has 0 bridgehead atoms. The van der Waals surface area contributed by atoms with Gasteiger partial charge in [-0.25, -0.2) is 4.98 Å². The van der Waals surface area contributed by atoms with Crippen LogP contribution < -0.4 is 10.1 Å². The first-order chi connectivity index (χ1) is 13.5. The number of benzene rings is 2. The number of carbonyl (C=O) groups is 2. The zero-order valence-electron chi connectivity index (χ0n) is 15.8. The molecular weight excluding hydrogens is 374 g/mol. The van der Waals surface area contributed by atoms with E-state index in [-0.39, 0.29) is 24.2 Å². The number of nitrogens with one attached hydrogen (secondary N) is 1. The number of rotatable bonds is 5. The van der Waals surface area contributed by atoms with Gasteiger partial charge in [-0.05, 0) is 30.7 Å². The Balaban J connectivity index is 1.41. The topological polar surface area (TPSA) is 71.5 Å². The van der Waals surface area contributed by atoms with Gasteiger partial charge in [-0.3, -0.25) is 9.59 Å². The number of methoxy groups -OCH3 is 1. The third-order valence-electron chi connectivity index (χ3n) is 4.91. The van der Waals surface area contributed by atoms with E-state index < -0.39 is 0 Å². The lowest BCUT2D eigenvalue weighted by Gasteiger charge is -2.16. The molecule has 1 aliphatic heterocycles. The molecule has 1 unspecified atom stereocenters. The number of thiazole rings is 1. The van der Waals surface area contributed by atoms with Gasteiger partial charge in [0.1, 0.15) is 5.75 Å². The Morgan fingerprint density at radius 1 is 1.29 bits per heavy atom. The number of hydrogen-bond donors (Lipinski definition) is 1. The van der Waals surface area contributed by atoms with Crippen LogP contribution in [0.3, 0.4) is 0 Å². The lowest BCUT2D eigenvalue weighted by molar-refractivity contribution is -0.128. The Bertz CT molecular complexity index is 1030. The summed E-state index contributed by atoms with van der Waals surface area (Å²) in [5.41, 5.74) is 3.06. The summed E-state index contributed by atoms with van der Waals surface area (Å²) >= 11 is 1.40. The highest BCUT2D eigenvalue weighted by atomic mass is 32.1. The zero-order valence-corrected chi connectivity index (χ0v) is 16.6. The van der Waals surface area contributed by atoms with Gasteiger partial charge < -0.3 is 15.0 Å². The van der Waals surface area contributed by atoms with Crippen molar-refractivity contribution >= 4 is 38.5 Å². The first-order valence-electron chi connectivity index (χ1n) is 9.10. The normalized spacial score (nSPS) is 16.6. The SMILES string of the molecule is COc1ccc2nc(NC(=O)C3CC(=O)N(Cc4ccc(C)cc4)C3)sc2c1. The first kappa shape index (κ1) is 18.4. The van der Waals surface area contributed by atoms with E-state index in [2.05, 4.69) is 10.3 Å². The van der Waals surface area contributed by atoms with Gasteiger partial charge in [0.2, 0.25) is 11.8 Å². The summed E-state index contributed by atoms with van der Waals surface area (Å²) in [5.74, 6) is 0.238. The standard InChI is InChI=1S/C21H21N3O3S/c1-13-3-5-14(6-4-13)11-24-12-15(9-19(24)25)20(26)23-21-22-17-8-7-16(27-2)10-18(17)28-21/h3-8,10,15H,9,11-12H2,1-2H3,(H,22,23,26). The predicted molar refractivity (Wildman–Crippen MR) is 110 cm³/mol. The highest BCUT2D eigenvalue weighted by Crippen LogP contribution is 2.30. The van der Waals surface area contributed by atoms with E-state index in [4.69, 9.17) is 4.74 Å². The summed E-state index contributed by atoms with van der Waals surface area (Å²) in [6.07, 6.45) is 0.233. The molecule has 1 N–H and O–H groups in total. The monoisotopic (exact) mass is 395 g/mol. The highest BCUT2D eigenvalue weighted by molar-refractivity contribution is 7.22. The second-order valence-electron chi connectivity index (χ2n) is 7.00.